The zero-order chi connectivity index (χ0) is 27.9. The average molecular weight is 617 g/mol. The second-order valence-corrected chi connectivity index (χ2v) is 12.1. The lowest BCUT2D eigenvalue weighted by Gasteiger charge is -2.33. The highest BCUT2D eigenvalue weighted by Gasteiger charge is 2.28. The molecule has 3 rings (SSSR count). The van der Waals surface area contributed by atoms with Crippen molar-refractivity contribution in [1.82, 2.24) is 4.90 Å². The molecule has 40 heavy (non-hydrogen) atoms. The Morgan fingerprint density at radius 1 is 1.15 bits per heavy atom. The van der Waals surface area contributed by atoms with Crippen LogP contribution >= 0.6 is 24.8 Å². The fourth-order valence-electron chi connectivity index (χ4n) is 3.92. The van der Waals surface area contributed by atoms with Crippen molar-refractivity contribution in [2.45, 2.75) is 52.2 Å². The van der Waals surface area contributed by atoms with E-state index >= 15 is 0 Å². The summed E-state index contributed by atoms with van der Waals surface area (Å²) in [6.07, 6.45) is 3.94. The van der Waals surface area contributed by atoms with Gasteiger partial charge in [-0.1, -0.05) is 12.2 Å². The number of carbonyl (C=O) groups excluding carboxylic acids is 1. The molecule has 2 aromatic rings. The zero-order valence-electron chi connectivity index (χ0n) is 23.0. The summed E-state index contributed by atoms with van der Waals surface area (Å²) in [6.45, 7) is 8.12. The number of nitriles is 1. The average Bonchev–Trinajstić information content (AvgIpc) is 2.87. The Morgan fingerprint density at radius 2 is 1.77 bits per heavy atom. The number of likely N-dealkylation sites (tertiary alicyclic amines) is 1. The molecule has 1 heterocycles. The van der Waals surface area contributed by atoms with Crippen molar-refractivity contribution in [2.24, 2.45) is 0 Å². The van der Waals surface area contributed by atoms with Gasteiger partial charge >= 0.3 is 6.09 Å². The van der Waals surface area contributed by atoms with Crippen LogP contribution in [0.5, 0.6) is 5.75 Å². The minimum Gasteiger partial charge on any atom is -0.490 e. The Kier molecular flexibility index (Phi) is 13.2. The number of hydrogen-bond acceptors (Lipinski definition) is 6. The number of rotatable bonds is 8. The van der Waals surface area contributed by atoms with E-state index < -0.39 is 21.4 Å². The number of ether oxygens (including phenoxy) is 2. The quantitative estimate of drug-likeness (QED) is 0.351. The number of carbonyl (C=O) groups is 1. The smallest absolute Gasteiger partial charge is 0.410 e. The molecule has 8 nitrogen and oxygen atoms in total. The van der Waals surface area contributed by atoms with Crippen molar-refractivity contribution in [1.29, 1.82) is 5.26 Å². The van der Waals surface area contributed by atoms with Gasteiger partial charge in [0.15, 0.2) is 0 Å². The summed E-state index contributed by atoms with van der Waals surface area (Å²) < 4.78 is 52.4. The van der Waals surface area contributed by atoms with Gasteiger partial charge in [0.1, 0.15) is 23.3 Å². The predicted octanol–water partition coefficient (Wildman–Crippen LogP) is 6.19. The van der Waals surface area contributed by atoms with E-state index in [1.54, 1.807) is 42.2 Å². The maximum Gasteiger partial charge on any atom is 0.410 e. The van der Waals surface area contributed by atoms with Gasteiger partial charge in [0.25, 0.3) is 0 Å². The van der Waals surface area contributed by atoms with Crippen LogP contribution in [0, 0.1) is 17.1 Å². The van der Waals surface area contributed by atoms with E-state index in [0.29, 0.717) is 42.9 Å². The van der Waals surface area contributed by atoms with Crippen molar-refractivity contribution in [3.05, 3.63) is 65.5 Å². The van der Waals surface area contributed by atoms with Gasteiger partial charge in [-0.15, -0.1) is 24.8 Å². The maximum absolute atomic E-state index is 14.1. The topological polar surface area (TPSA) is 99.9 Å². The molecule has 0 spiro atoms. The molecule has 0 radical (unpaired) electrons. The number of anilines is 1. The SMILES string of the molecule is CCS(=O)(=O)N(C/C=C/c1cc(C#N)ccc1F)c1ccc(OC2CCN(C(=O)OC(C)(C)C)CC2)cc1.Cl.Cl. The molecule has 2 aromatic carbocycles. The van der Waals surface area contributed by atoms with Crippen molar-refractivity contribution in [3.63, 3.8) is 0 Å². The number of piperidine rings is 1. The van der Waals surface area contributed by atoms with Crippen molar-refractivity contribution in [2.75, 3.05) is 29.7 Å². The van der Waals surface area contributed by atoms with Crippen molar-refractivity contribution in [3.8, 4) is 11.8 Å². The van der Waals surface area contributed by atoms with E-state index in [1.807, 2.05) is 26.8 Å². The number of sulfonamides is 1. The number of halogens is 3. The van der Waals surface area contributed by atoms with Gasteiger partial charge in [-0.3, -0.25) is 4.31 Å². The van der Waals surface area contributed by atoms with Crippen LogP contribution in [0.4, 0.5) is 14.9 Å². The number of benzene rings is 2. The molecule has 1 fully saturated rings. The second-order valence-electron chi connectivity index (χ2n) is 9.96. The fraction of sp³-hybridized carbons (Fsp3) is 0.429. The first kappa shape index (κ1) is 35.0. The summed E-state index contributed by atoms with van der Waals surface area (Å²) in [7, 11) is -3.61. The van der Waals surface area contributed by atoms with Gasteiger partial charge in [-0.25, -0.2) is 17.6 Å². The first-order valence-corrected chi connectivity index (χ1v) is 14.1. The number of amides is 1. The van der Waals surface area contributed by atoms with E-state index in [2.05, 4.69) is 0 Å². The van der Waals surface area contributed by atoms with Crippen LogP contribution in [0.1, 0.15) is 51.7 Å². The fourth-order valence-corrected chi connectivity index (χ4v) is 4.99. The number of nitrogens with zero attached hydrogens (tertiary/aromatic N) is 3. The summed E-state index contributed by atoms with van der Waals surface area (Å²) in [5.41, 5.74) is 0.434. The van der Waals surface area contributed by atoms with Gasteiger partial charge in [-0.2, -0.15) is 5.26 Å². The Bertz CT molecular complexity index is 1300. The van der Waals surface area contributed by atoms with Gasteiger partial charge in [0, 0.05) is 31.5 Å². The third-order valence-corrected chi connectivity index (χ3v) is 7.68. The summed E-state index contributed by atoms with van der Waals surface area (Å²) in [5, 5.41) is 9.04. The summed E-state index contributed by atoms with van der Waals surface area (Å²) in [6, 6.07) is 12.7. The third kappa shape index (κ3) is 9.88. The van der Waals surface area contributed by atoms with Crippen LogP contribution in [-0.2, 0) is 14.8 Å². The summed E-state index contributed by atoms with van der Waals surface area (Å²) in [4.78, 5) is 13.9. The molecule has 1 saturated heterocycles. The van der Waals surface area contributed by atoms with Gasteiger partial charge in [-0.05, 0) is 70.2 Å². The molecule has 1 aliphatic heterocycles. The highest BCUT2D eigenvalue weighted by molar-refractivity contribution is 7.92. The monoisotopic (exact) mass is 615 g/mol. The molecule has 0 aromatic heterocycles. The lowest BCUT2D eigenvalue weighted by atomic mass is 10.1. The molecule has 0 bridgehead atoms. The molecular formula is C28H36Cl2FN3O5S. The first-order chi connectivity index (χ1) is 17.9. The normalized spacial score (nSPS) is 14.1. The highest BCUT2D eigenvalue weighted by atomic mass is 35.5. The standard InChI is InChI=1S/C28H34FN3O5S.2ClH/c1-5-38(34,35)32(16-6-7-22-19-21(20-30)8-13-26(22)29)23-9-11-24(12-10-23)36-25-14-17-31(18-15-25)27(33)37-28(2,3)4;;/h6-13,19,25H,5,14-18H2,1-4H3;2*1H/b7-6+;;. The van der Waals surface area contributed by atoms with E-state index in [-0.39, 0.29) is 54.9 Å². The summed E-state index contributed by atoms with van der Waals surface area (Å²) in [5.74, 6) is 0.000888. The Balaban J connectivity index is 0.00000400. The molecule has 1 amide bonds. The molecule has 1 aliphatic rings. The first-order valence-electron chi connectivity index (χ1n) is 12.5. The lowest BCUT2D eigenvalue weighted by molar-refractivity contribution is 0.0126. The lowest BCUT2D eigenvalue weighted by Crippen LogP contribution is -2.44. The van der Waals surface area contributed by atoms with Crippen LogP contribution < -0.4 is 9.04 Å². The predicted molar refractivity (Wildman–Crippen MR) is 159 cm³/mol. The Morgan fingerprint density at radius 3 is 2.33 bits per heavy atom. The maximum atomic E-state index is 14.1. The molecule has 0 unspecified atom stereocenters. The van der Waals surface area contributed by atoms with Crippen LogP contribution in [0.15, 0.2) is 48.5 Å². The van der Waals surface area contributed by atoms with E-state index in [4.69, 9.17) is 14.7 Å². The van der Waals surface area contributed by atoms with Crippen molar-refractivity contribution >= 4 is 52.7 Å². The minimum atomic E-state index is -3.61. The largest absolute Gasteiger partial charge is 0.490 e. The Labute approximate surface area is 248 Å². The number of hydrogen-bond donors (Lipinski definition) is 0. The van der Waals surface area contributed by atoms with Crippen molar-refractivity contribution < 1.29 is 27.1 Å². The molecule has 220 valence electrons. The molecular weight excluding hydrogens is 580 g/mol. The molecule has 0 N–H and O–H groups in total. The highest BCUT2D eigenvalue weighted by Crippen LogP contribution is 2.25. The van der Waals surface area contributed by atoms with Gasteiger partial charge < -0.3 is 14.4 Å². The van der Waals surface area contributed by atoms with E-state index in [1.165, 1.54) is 28.6 Å². The molecule has 0 atom stereocenters. The third-order valence-electron chi connectivity index (χ3n) is 5.92. The van der Waals surface area contributed by atoms with Crippen LogP contribution in [-0.4, -0.2) is 56.5 Å². The van der Waals surface area contributed by atoms with Crippen LogP contribution in [0.25, 0.3) is 6.08 Å². The van der Waals surface area contributed by atoms with Gasteiger partial charge in [0.05, 0.1) is 29.6 Å². The molecule has 0 aliphatic carbocycles. The van der Waals surface area contributed by atoms with Crippen LogP contribution in [0.2, 0.25) is 0 Å². The summed E-state index contributed by atoms with van der Waals surface area (Å²) >= 11 is 0. The molecule has 0 saturated carbocycles. The minimum absolute atomic E-state index is 0. The Hall–Kier alpha value is -3.00. The zero-order valence-corrected chi connectivity index (χ0v) is 25.5. The second kappa shape index (κ2) is 15.1. The molecule has 12 heteroatoms. The van der Waals surface area contributed by atoms with E-state index in [9.17, 15) is 17.6 Å². The van der Waals surface area contributed by atoms with E-state index in [0.717, 1.165) is 0 Å². The van der Waals surface area contributed by atoms with Crippen LogP contribution in [0.3, 0.4) is 0 Å². The van der Waals surface area contributed by atoms with Gasteiger partial charge in [0.2, 0.25) is 10.0 Å².